The van der Waals surface area contributed by atoms with E-state index < -0.39 is 9.84 Å². The number of sulfone groups is 1. The van der Waals surface area contributed by atoms with Gasteiger partial charge in [0, 0.05) is 30.9 Å². The number of likely N-dealkylation sites (N-methyl/N-ethyl adjacent to an activating group) is 1. The molecule has 1 aliphatic carbocycles. The molecule has 1 N–H and O–H groups in total. The molecule has 1 saturated heterocycles. The number of hydrogen-bond donors (Lipinski definition) is 1. The molecule has 1 unspecified atom stereocenters. The third-order valence-corrected chi connectivity index (χ3v) is 5.96. The van der Waals surface area contributed by atoms with Crippen molar-refractivity contribution in [1.82, 2.24) is 10.2 Å². The molecule has 124 valence electrons. The van der Waals surface area contributed by atoms with Crippen LogP contribution in [0.25, 0.3) is 0 Å². The fourth-order valence-electron chi connectivity index (χ4n) is 4.02. The molecule has 0 bridgehead atoms. The van der Waals surface area contributed by atoms with Crippen LogP contribution in [0, 0.1) is 0 Å². The van der Waals surface area contributed by atoms with E-state index in [2.05, 4.69) is 17.1 Å². The van der Waals surface area contributed by atoms with Gasteiger partial charge in [-0.3, -0.25) is 4.90 Å². The summed E-state index contributed by atoms with van der Waals surface area (Å²) in [7, 11) is -2.91. The Morgan fingerprint density at radius 1 is 1.24 bits per heavy atom. The van der Waals surface area contributed by atoms with Crippen molar-refractivity contribution in [3.8, 4) is 0 Å². The van der Waals surface area contributed by atoms with E-state index in [1.807, 2.05) is 0 Å². The molecule has 0 spiro atoms. The van der Waals surface area contributed by atoms with E-state index in [-0.39, 0.29) is 17.3 Å². The maximum Gasteiger partial charge on any atom is 0.147 e. The number of morpholine rings is 1. The molecule has 1 heterocycles. The summed E-state index contributed by atoms with van der Waals surface area (Å²) in [6.45, 7) is 6.54. The van der Waals surface area contributed by atoms with Gasteiger partial charge in [0.25, 0.3) is 0 Å². The lowest BCUT2D eigenvalue weighted by Crippen LogP contribution is -2.62. The monoisotopic (exact) mass is 318 g/mol. The molecule has 2 aliphatic rings. The van der Waals surface area contributed by atoms with E-state index in [1.165, 1.54) is 31.9 Å². The Morgan fingerprint density at radius 2 is 1.86 bits per heavy atom. The Morgan fingerprint density at radius 3 is 2.38 bits per heavy atom. The summed E-state index contributed by atoms with van der Waals surface area (Å²) in [6.07, 6.45) is 6.90. The minimum atomic E-state index is -2.91. The Hall–Kier alpha value is -0.170. The quantitative estimate of drug-likeness (QED) is 0.760. The highest BCUT2D eigenvalue weighted by Gasteiger charge is 2.45. The first-order valence-electron chi connectivity index (χ1n) is 8.22. The highest BCUT2D eigenvalue weighted by molar-refractivity contribution is 7.90. The van der Waals surface area contributed by atoms with Crippen molar-refractivity contribution in [3.63, 3.8) is 0 Å². The van der Waals surface area contributed by atoms with Gasteiger partial charge in [0.05, 0.1) is 19.0 Å². The number of hydrogen-bond acceptors (Lipinski definition) is 5. The molecule has 0 amide bonds. The maximum atomic E-state index is 11.6. The molecule has 1 atom stereocenters. The number of ether oxygens (including phenoxy) is 1. The molecule has 0 aromatic rings. The summed E-state index contributed by atoms with van der Waals surface area (Å²) in [5.41, 5.74) is 0.129. The first-order chi connectivity index (χ1) is 9.98. The van der Waals surface area contributed by atoms with Gasteiger partial charge in [-0.1, -0.05) is 19.8 Å². The van der Waals surface area contributed by atoms with Gasteiger partial charge in [0.15, 0.2) is 0 Å². The number of rotatable bonds is 7. The van der Waals surface area contributed by atoms with Crippen LogP contribution in [0.1, 0.15) is 39.0 Å². The molecule has 2 rings (SSSR count). The molecule has 0 aromatic carbocycles. The van der Waals surface area contributed by atoms with Crippen molar-refractivity contribution in [3.05, 3.63) is 0 Å². The molecule has 2 fully saturated rings. The first kappa shape index (κ1) is 17.2. The SMILES string of the molecule is CCNC(CCS(C)(=O)=O)C1(N2CCOCC2)CCCC1. The fourth-order valence-corrected chi connectivity index (χ4v) is 4.68. The van der Waals surface area contributed by atoms with Crippen LogP contribution in [-0.4, -0.2) is 69.8 Å². The summed E-state index contributed by atoms with van der Waals surface area (Å²) in [5.74, 6) is 0.275. The van der Waals surface area contributed by atoms with Crippen LogP contribution in [0.15, 0.2) is 0 Å². The lowest BCUT2D eigenvalue weighted by Gasteiger charge is -2.48. The van der Waals surface area contributed by atoms with Crippen LogP contribution in [0.2, 0.25) is 0 Å². The lowest BCUT2D eigenvalue weighted by molar-refractivity contribution is -0.0359. The Balaban J connectivity index is 2.14. The molecule has 6 heteroatoms. The summed E-state index contributed by atoms with van der Waals surface area (Å²) < 4.78 is 28.6. The average molecular weight is 318 g/mol. The van der Waals surface area contributed by atoms with Crippen LogP contribution in [0.3, 0.4) is 0 Å². The third-order valence-electron chi connectivity index (χ3n) is 4.99. The van der Waals surface area contributed by atoms with E-state index in [9.17, 15) is 8.42 Å². The zero-order valence-electron chi connectivity index (χ0n) is 13.4. The molecular formula is C15H30N2O3S. The van der Waals surface area contributed by atoms with E-state index in [4.69, 9.17) is 4.74 Å². The van der Waals surface area contributed by atoms with Gasteiger partial charge in [0.1, 0.15) is 9.84 Å². The van der Waals surface area contributed by atoms with Crippen molar-refractivity contribution in [2.75, 3.05) is 44.9 Å². The number of nitrogens with one attached hydrogen (secondary N) is 1. The van der Waals surface area contributed by atoms with Gasteiger partial charge < -0.3 is 10.1 Å². The molecular weight excluding hydrogens is 288 g/mol. The highest BCUT2D eigenvalue weighted by atomic mass is 32.2. The summed E-state index contributed by atoms with van der Waals surface area (Å²) in [5, 5.41) is 3.59. The predicted molar refractivity (Wildman–Crippen MR) is 85.4 cm³/mol. The van der Waals surface area contributed by atoms with E-state index in [1.54, 1.807) is 0 Å². The van der Waals surface area contributed by atoms with Crippen molar-refractivity contribution < 1.29 is 13.2 Å². The molecule has 1 aliphatic heterocycles. The maximum absolute atomic E-state index is 11.6. The van der Waals surface area contributed by atoms with Crippen molar-refractivity contribution in [2.45, 2.75) is 50.6 Å². The zero-order valence-corrected chi connectivity index (χ0v) is 14.3. The summed E-state index contributed by atoms with van der Waals surface area (Å²) in [6, 6.07) is 0.262. The van der Waals surface area contributed by atoms with Gasteiger partial charge in [-0.05, 0) is 25.8 Å². The molecule has 0 aromatic heterocycles. The van der Waals surface area contributed by atoms with Crippen LogP contribution in [0.4, 0.5) is 0 Å². The summed E-state index contributed by atoms with van der Waals surface area (Å²) >= 11 is 0. The standard InChI is InChI=1S/C15H30N2O3S/c1-3-16-14(6-13-21(2,18)19)15(7-4-5-8-15)17-9-11-20-12-10-17/h14,16H,3-13H2,1-2H3. The highest BCUT2D eigenvalue weighted by Crippen LogP contribution is 2.39. The molecule has 0 radical (unpaired) electrons. The van der Waals surface area contributed by atoms with Crippen molar-refractivity contribution >= 4 is 9.84 Å². The smallest absolute Gasteiger partial charge is 0.147 e. The van der Waals surface area contributed by atoms with Crippen molar-refractivity contribution in [2.24, 2.45) is 0 Å². The topological polar surface area (TPSA) is 58.6 Å². The van der Waals surface area contributed by atoms with Gasteiger partial charge in [-0.15, -0.1) is 0 Å². The van der Waals surface area contributed by atoms with Crippen LogP contribution in [-0.2, 0) is 14.6 Å². The second-order valence-electron chi connectivity index (χ2n) is 6.44. The Kier molecular flexibility index (Phi) is 6.05. The summed E-state index contributed by atoms with van der Waals surface area (Å²) in [4.78, 5) is 2.57. The minimum Gasteiger partial charge on any atom is -0.379 e. The van der Waals surface area contributed by atoms with E-state index >= 15 is 0 Å². The number of nitrogens with zero attached hydrogens (tertiary/aromatic N) is 1. The van der Waals surface area contributed by atoms with Crippen LogP contribution < -0.4 is 5.32 Å². The molecule has 1 saturated carbocycles. The van der Waals surface area contributed by atoms with Gasteiger partial charge in [-0.25, -0.2) is 8.42 Å². The van der Waals surface area contributed by atoms with Crippen LogP contribution in [0.5, 0.6) is 0 Å². The van der Waals surface area contributed by atoms with Crippen molar-refractivity contribution in [1.29, 1.82) is 0 Å². The lowest BCUT2D eigenvalue weighted by atomic mass is 9.84. The first-order valence-corrected chi connectivity index (χ1v) is 10.3. The fraction of sp³-hybridized carbons (Fsp3) is 1.00. The Bertz CT molecular complexity index is 413. The van der Waals surface area contributed by atoms with E-state index in [0.29, 0.717) is 6.42 Å². The van der Waals surface area contributed by atoms with Gasteiger partial charge in [-0.2, -0.15) is 0 Å². The van der Waals surface area contributed by atoms with Crippen LogP contribution >= 0.6 is 0 Å². The largest absolute Gasteiger partial charge is 0.379 e. The van der Waals surface area contributed by atoms with Gasteiger partial charge >= 0.3 is 0 Å². The Labute approximate surface area is 129 Å². The zero-order chi connectivity index (χ0) is 15.3. The molecule has 21 heavy (non-hydrogen) atoms. The van der Waals surface area contributed by atoms with Gasteiger partial charge in [0.2, 0.25) is 0 Å². The second kappa shape index (κ2) is 7.40. The van der Waals surface area contributed by atoms with E-state index in [0.717, 1.165) is 32.8 Å². The normalized spacial score (nSPS) is 25.0. The second-order valence-corrected chi connectivity index (χ2v) is 8.70. The molecule has 5 nitrogen and oxygen atoms in total. The third kappa shape index (κ3) is 4.41. The average Bonchev–Trinajstić information content (AvgIpc) is 2.94. The predicted octanol–water partition coefficient (Wildman–Crippen LogP) is 1.04. The minimum absolute atomic E-state index is 0.129.